The smallest absolute Gasteiger partial charge is 0.256 e. The van der Waals surface area contributed by atoms with Gasteiger partial charge >= 0.3 is 0 Å². The first-order chi connectivity index (χ1) is 15.4. The van der Waals surface area contributed by atoms with E-state index >= 15 is 0 Å². The Balaban J connectivity index is 1.58. The minimum absolute atomic E-state index is 0.0909. The highest BCUT2D eigenvalue weighted by atomic mass is 35.5. The number of hydrogen-bond donors (Lipinski definition) is 1. The fourth-order valence-electron chi connectivity index (χ4n) is 4.11. The van der Waals surface area contributed by atoms with Gasteiger partial charge in [-0.15, -0.1) is 0 Å². The van der Waals surface area contributed by atoms with Gasteiger partial charge in [-0.25, -0.2) is 4.98 Å². The van der Waals surface area contributed by atoms with Crippen LogP contribution in [-0.4, -0.2) is 55.0 Å². The summed E-state index contributed by atoms with van der Waals surface area (Å²) in [4.78, 5) is 25.3. The molecule has 0 saturated carbocycles. The van der Waals surface area contributed by atoms with Gasteiger partial charge in [-0.3, -0.25) is 4.79 Å². The maximum Gasteiger partial charge on any atom is 0.256 e. The first-order valence-electron chi connectivity index (χ1n) is 10.5. The molecule has 0 radical (unpaired) electrons. The topological polar surface area (TPSA) is 88.9 Å². The quantitative estimate of drug-likeness (QED) is 0.509. The molecule has 3 heterocycles. The third kappa shape index (κ3) is 3.55. The maximum absolute atomic E-state index is 13.9. The highest BCUT2D eigenvalue weighted by Crippen LogP contribution is 2.31. The molecule has 1 fully saturated rings. The predicted molar refractivity (Wildman–Crippen MR) is 121 cm³/mol. The SMILES string of the molecule is Cc1ccc(-n2nccn2)c(C(=O)N2CC(C)OCC2c2nc3c(C)c(Cl)ccc3[nH]2)c1. The van der Waals surface area contributed by atoms with Gasteiger partial charge < -0.3 is 14.6 Å². The summed E-state index contributed by atoms with van der Waals surface area (Å²) in [6.45, 7) is 6.65. The number of aromatic amines is 1. The van der Waals surface area contributed by atoms with Crippen LogP contribution in [0.2, 0.25) is 5.02 Å². The lowest BCUT2D eigenvalue weighted by Gasteiger charge is -2.38. The van der Waals surface area contributed by atoms with Crippen molar-refractivity contribution in [3.63, 3.8) is 0 Å². The molecule has 0 aliphatic carbocycles. The molecule has 0 spiro atoms. The number of imidazole rings is 1. The van der Waals surface area contributed by atoms with E-state index in [2.05, 4.69) is 15.2 Å². The van der Waals surface area contributed by atoms with E-state index in [1.165, 1.54) is 4.80 Å². The lowest BCUT2D eigenvalue weighted by Crippen LogP contribution is -2.47. The second-order valence-electron chi connectivity index (χ2n) is 8.15. The summed E-state index contributed by atoms with van der Waals surface area (Å²) in [5, 5.41) is 9.10. The van der Waals surface area contributed by atoms with E-state index in [9.17, 15) is 4.79 Å². The molecule has 1 aliphatic heterocycles. The number of H-pyrrole nitrogens is 1. The molecule has 2 unspecified atom stereocenters. The number of hydrogen-bond acceptors (Lipinski definition) is 5. The van der Waals surface area contributed by atoms with Gasteiger partial charge in [0, 0.05) is 11.6 Å². The molecule has 9 heteroatoms. The van der Waals surface area contributed by atoms with Crippen LogP contribution in [0.5, 0.6) is 0 Å². The molecule has 1 saturated heterocycles. The summed E-state index contributed by atoms with van der Waals surface area (Å²) in [6.07, 6.45) is 3.09. The molecular formula is C23H23ClN6O2. The van der Waals surface area contributed by atoms with E-state index in [4.69, 9.17) is 21.3 Å². The molecular weight excluding hydrogens is 428 g/mol. The molecule has 2 aromatic heterocycles. The Morgan fingerprint density at radius 2 is 1.97 bits per heavy atom. The van der Waals surface area contributed by atoms with Crippen LogP contribution in [0.4, 0.5) is 0 Å². The van der Waals surface area contributed by atoms with Crippen LogP contribution in [-0.2, 0) is 4.74 Å². The Hall–Kier alpha value is -3.23. The number of aromatic nitrogens is 5. The van der Waals surface area contributed by atoms with Crippen LogP contribution < -0.4 is 0 Å². The van der Waals surface area contributed by atoms with Crippen LogP contribution in [0.1, 0.15) is 40.3 Å². The Morgan fingerprint density at radius 3 is 2.75 bits per heavy atom. The summed E-state index contributed by atoms with van der Waals surface area (Å²) in [7, 11) is 0. The van der Waals surface area contributed by atoms with Crippen molar-refractivity contribution in [2.45, 2.75) is 32.9 Å². The highest BCUT2D eigenvalue weighted by Gasteiger charge is 2.35. The molecule has 2 aromatic carbocycles. The fourth-order valence-corrected chi connectivity index (χ4v) is 4.26. The Morgan fingerprint density at radius 1 is 1.19 bits per heavy atom. The minimum atomic E-state index is -0.358. The number of carbonyl (C=O) groups excluding carboxylic acids is 1. The zero-order valence-corrected chi connectivity index (χ0v) is 18.8. The van der Waals surface area contributed by atoms with E-state index in [1.54, 1.807) is 12.4 Å². The molecule has 1 aliphatic rings. The van der Waals surface area contributed by atoms with Gasteiger partial charge in [-0.2, -0.15) is 15.0 Å². The fraction of sp³-hybridized carbons (Fsp3) is 0.304. The molecule has 0 bridgehead atoms. The molecule has 5 rings (SSSR count). The number of ether oxygens (including phenoxy) is 1. The number of carbonyl (C=O) groups is 1. The van der Waals surface area contributed by atoms with Crippen molar-refractivity contribution in [2.24, 2.45) is 0 Å². The summed E-state index contributed by atoms with van der Waals surface area (Å²) in [5.41, 5.74) is 4.74. The molecule has 164 valence electrons. The van der Waals surface area contributed by atoms with Crippen LogP contribution in [0.25, 0.3) is 16.7 Å². The van der Waals surface area contributed by atoms with Crippen molar-refractivity contribution < 1.29 is 9.53 Å². The molecule has 4 aromatic rings. The molecule has 8 nitrogen and oxygen atoms in total. The molecule has 32 heavy (non-hydrogen) atoms. The Bertz CT molecular complexity index is 1300. The number of benzene rings is 2. The first-order valence-corrected chi connectivity index (χ1v) is 10.8. The Labute approximate surface area is 190 Å². The van der Waals surface area contributed by atoms with E-state index in [1.807, 2.05) is 56.0 Å². The number of morpholine rings is 1. The minimum Gasteiger partial charge on any atom is -0.374 e. The van der Waals surface area contributed by atoms with Crippen LogP contribution >= 0.6 is 11.6 Å². The van der Waals surface area contributed by atoms with Crippen molar-refractivity contribution in [2.75, 3.05) is 13.2 Å². The van der Waals surface area contributed by atoms with Gasteiger partial charge in [0.1, 0.15) is 11.9 Å². The average Bonchev–Trinajstić information content (AvgIpc) is 3.46. The van der Waals surface area contributed by atoms with Crippen LogP contribution in [0, 0.1) is 13.8 Å². The van der Waals surface area contributed by atoms with E-state index in [-0.39, 0.29) is 18.1 Å². The number of nitrogens with zero attached hydrogens (tertiary/aromatic N) is 5. The van der Waals surface area contributed by atoms with Crippen LogP contribution in [0.15, 0.2) is 42.7 Å². The number of rotatable bonds is 3. The van der Waals surface area contributed by atoms with Crippen molar-refractivity contribution in [3.8, 4) is 5.69 Å². The van der Waals surface area contributed by atoms with Gasteiger partial charge in [0.15, 0.2) is 0 Å². The van der Waals surface area contributed by atoms with E-state index in [0.29, 0.717) is 35.2 Å². The largest absolute Gasteiger partial charge is 0.374 e. The lowest BCUT2D eigenvalue weighted by molar-refractivity contribution is -0.0467. The first kappa shape index (κ1) is 20.7. The van der Waals surface area contributed by atoms with E-state index < -0.39 is 0 Å². The normalized spacial score (nSPS) is 18.9. The summed E-state index contributed by atoms with van der Waals surface area (Å²) < 4.78 is 5.93. The number of nitrogens with one attached hydrogen (secondary N) is 1. The zero-order chi connectivity index (χ0) is 22.4. The lowest BCUT2D eigenvalue weighted by atomic mass is 10.1. The summed E-state index contributed by atoms with van der Waals surface area (Å²) >= 11 is 6.28. The van der Waals surface area contributed by atoms with E-state index in [0.717, 1.165) is 22.2 Å². The number of halogens is 1. The van der Waals surface area contributed by atoms with Gasteiger partial charge in [-0.1, -0.05) is 23.2 Å². The second kappa shape index (κ2) is 8.03. The number of amides is 1. The average molecular weight is 451 g/mol. The zero-order valence-electron chi connectivity index (χ0n) is 18.0. The maximum atomic E-state index is 13.9. The third-order valence-corrected chi connectivity index (χ3v) is 6.23. The third-order valence-electron chi connectivity index (χ3n) is 5.82. The monoisotopic (exact) mass is 450 g/mol. The summed E-state index contributed by atoms with van der Waals surface area (Å²) in [5.74, 6) is 0.563. The number of aryl methyl sites for hydroxylation is 2. The molecule has 1 N–H and O–H groups in total. The van der Waals surface area contributed by atoms with Crippen molar-refractivity contribution in [1.29, 1.82) is 0 Å². The van der Waals surface area contributed by atoms with Gasteiger partial charge in [-0.05, 0) is 50.6 Å². The van der Waals surface area contributed by atoms with Crippen LogP contribution in [0.3, 0.4) is 0 Å². The van der Waals surface area contributed by atoms with Gasteiger partial charge in [0.25, 0.3) is 5.91 Å². The summed E-state index contributed by atoms with van der Waals surface area (Å²) in [6, 6.07) is 9.08. The van der Waals surface area contributed by atoms with Crippen molar-refractivity contribution in [3.05, 3.63) is 70.3 Å². The second-order valence-corrected chi connectivity index (χ2v) is 8.55. The standard InChI is InChI=1S/C23H23ClN6O2/c1-13-4-7-19(30-25-8-9-26-30)16(10-13)23(31)29-11-14(2)32-12-20(29)22-27-18-6-5-17(24)15(3)21(18)28-22/h4-10,14,20H,11-12H2,1-3H3,(H,27,28). The van der Waals surface area contributed by atoms with Crippen molar-refractivity contribution >= 4 is 28.5 Å². The molecule has 2 atom stereocenters. The molecule has 1 amide bonds. The van der Waals surface area contributed by atoms with Gasteiger partial charge in [0.2, 0.25) is 0 Å². The Kier molecular flexibility index (Phi) is 5.19. The number of fused-ring (bicyclic) bond motifs is 1. The predicted octanol–water partition coefficient (Wildman–Crippen LogP) is 4.02. The van der Waals surface area contributed by atoms with Crippen molar-refractivity contribution in [1.82, 2.24) is 29.9 Å². The highest BCUT2D eigenvalue weighted by molar-refractivity contribution is 6.32. The van der Waals surface area contributed by atoms with Gasteiger partial charge in [0.05, 0.1) is 47.4 Å².